The molecule has 0 saturated heterocycles. The summed E-state index contributed by atoms with van der Waals surface area (Å²) in [6.45, 7) is 0. The normalized spacial score (nSPS) is 15.2. The van der Waals surface area contributed by atoms with Crippen LogP contribution in [0.2, 0.25) is 0 Å². The van der Waals surface area contributed by atoms with E-state index in [1.807, 2.05) is 0 Å². The van der Waals surface area contributed by atoms with Crippen LogP contribution in [0.15, 0.2) is 0 Å². The maximum atomic E-state index is 11.0. The predicted octanol–water partition coefficient (Wildman–Crippen LogP) is -1.82. The van der Waals surface area contributed by atoms with Crippen LogP contribution in [0.25, 0.3) is 0 Å². The first-order valence-corrected chi connectivity index (χ1v) is 3.57. The molecule has 0 aromatic heterocycles. The minimum Gasteiger partial charge on any atom is -0.759 e. The van der Waals surface area contributed by atoms with Gasteiger partial charge in [0.15, 0.2) is 0 Å². The van der Waals surface area contributed by atoms with E-state index in [0.717, 1.165) is 0 Å². The largest absolute Gasteiger partial charge is 1.00 e. The Bertz CT molecular complexity index is 177. The zero-order valence-electron chi connectivity index (χ0n) is 5.53. The Morgan fingerprint density at radius 2 is 1.08 bits per heavy atom. The number of halogens is 6. The van der Waals surface area contributed by atoms with Gasteiger partial charge in [-0.3, -0.25) is 0 Å². The van der Waals surface area contributed by atoms with Gasteiger partial charge in [-0.05, 0) is 0 Å². The number of rotatable bonds is 0. The fourth-order valence-electron chi connectivity index (χ4n) is 0.144. The van der Waals surface area contributed by atoms with E-state index in [9.17, 15) is 35.1 Å². The predicted molar refractivity (Wildman–Crippen MR) is 22.4 cm³/mol. The molecule has 0 amide bonds. The molecule has 0 unspecified atom stereocenters. The van der Waals surface area contributed by atoms with Crippen molar-refractivity contribution in [2.45, 2.75) is 11.0 Å². The molecule has 0 aliphatic carbocycles. The molecule has 70 valence electrons. The van der Waals surface area contributed by atoms with Crippen LogP contribution in [0.3, 0.4) is 0 Å². The molecule has 10 heteroatoms. The van der Waals surface area contributed by atoms with Crippen LogP contribution in [0.4, 0.5) is 26.3 Å². The summed E-state index contributed by atoms with van der Waals surface area (Å²) >= 11 is 0. The molecule has 2 nitrogen and oxygen atoms in total. The smallest absolute Gasteiger partial charge is 0.759 e. The Morgan fingerprint density at radius 3 is 1.08 bits per heavy atom. The third kappa shape index (κ3) is 2.65. The van der Waals surface area contributed by atoms with Crippen molar-refractivity contribution in [1.29, 1.82) is 0 Å². The van der Waals surface area contributed by atoms with Gasteiger partial charge in [0.25, 0.3) is 0 Å². The molecule has 0 saturated carbocycles. The van der Waals surface area contributed by atoms with E-state index in [2.05, 4.69) is 0 Å². The Hall–Kier alpha value is 0.287. The summed E-state index contributed by atoms with van der Waals surface area (Å²) in [6, 6.07) is 0. The topological polar surface area (TPSA) is 40.1 Å². The fraction of sp³-hybridized carbons (Fsp3) is 1.00. The van der Waals surface area contributed by atoms with Crippen molar-refractivity contribution in [2.24, 2.45) is 0 Å². The second-order valence-corrected chi connectivity index (χ2v) is 3.60. The zero-order valence-corrected chi connectivity index (χ0v) is 6.43. The maximum Gasteiger partial charge on any atom is 1.00 e. The first-order chi connectivity index (χ1) is 4.50. The fourth-order valence-corrected chi connectivity index (χ4v) is 0.431. The standard InChI is InChI=1S/C2H2F6O2S.Li/c3-1(4,5)11(9,10)2(6,7)8;/h11H,(H,9,10);/q;+1/p-1. The molecule has 0 aromatic rings. The van der Waals surface area contributed by atoms with E-state index in [1.54, 1.807) is 0 Å². The van der Waals surface area contributed by atoms with E-state index >= 15 is 0 Å². The third-order valence-corrected chi connectivity index (χ3v) is 2.00. The van der Waals surface area contributed by atoms with E-state index in [0.29, 0.717) is 0 Å². The van der Waals surface area contributed by atoms with Gasteiger partial charge in [0, 0.05) is 0 Å². The number of hydrogen-bond donors (Lipinski definition) is 1. The molecule has 0 heterocycles. The summed E-state index contributed by atoms with van der Waals surface area (Å²) in [5, 5.41) is 0. The summed E-state index contributed by atoms with van der Waals surface area (Å²) in [5.74, 6) is 0. The van der Waals surface area contributed by atoms with Gasteiger partial charge in [0.1, 0.15) is 0 Å². The first-order valence-electron chi connectivity index (χ1n) is 1.95. The van der Waals surface area contributed by atoms with Crippen molar-refractivity contribution in [2.75, 3.05) is 0 Å². The van der Waals surface area contributed by atoms with Gasteiger partial charge < -0.3 is 4.55 Å². The molecule has 0 aliphatic heterocycles. The summed E-state index contributed by atoms with van der Waals surface area (Å²) in [5.41, 5.74) is -12.5. The van der Waals surface area contributed by atoms with Crippen molar-refractivity contribution >= 4 is 10.2 Å². The zero-order chi connectivity index (χ0) is 9.50. The summed E-state index contributed by atoms with van der Waals surface area (Å²) < 4.78 is 85.1. The van der Waals surface area contributed by atoms with Crippen molar-refractivity contribution in [3.05, 3.63) is 0 Å². The van der Waals surface area contributed by atoms with Crippen LogP contribution < -0.4 is 18.9 Å². The van der Waals surface area contributed by atoms with Crippen LogP contribution >= 0.6 is 0 Å². The number of sulfone groups is 1. The number of thiol groups is 1. The van der Waals surface area contributed by atoms with Crippen molar-refractivity contribution < 1.29 is 54.0 Å². The Morgan fingerprint density at radius 1 is 0.917 bits per heavy atom. The third-order valence-electron chi connectivity index (χ3n) is 0.668. The molecular formula is C2HF6LiO2S. The Balaban J connectivity index is 0. The SMILES string of the molecule is O=[SH]([O-])(C(F)(F)F)C(F)(F)F.[Li+]. The molecule has 0 aromatic carbocycles. The van der Waals surface area contributed by atoms with E-state index in [-0.39, 0.29) is 18.9 Å². The van der Waals surface area contributed by atoms with Gasteiger partial charge in [-0.1, -0.05) is 0 Å². The van der Waals surface area contributed by atoms with Crippen LogP contribution in [-0.4, -0.2) is 19.8 Å². The molecule has 0 rings (SSSR count). The average Bonchev–Trinajstić information content (AvgIpc) is 1.58. The molecule has 0 radical (unpaired) electrons. The van der Waals surface area contributed by atoms with Crippen LogP contribution in [-0.2, 0) is 10.2 Å². The van der Waals surface area contributed by atoms with Gasteiger partial charge in [0.2, 0.25) is 0 Å². The van der Waals surface area contributed by atoms with Crippen LogP contribution in [0.1, 0.15) is 0 Å². The quantitative estimate of drug-likeness (QED) is 0.290. The molecule has 0 aliphatic rings. The van der Waals surface area contributed by atoms with Crippen molar-refractivity contribution in [1.82, 2.24) is 0 Å². The molecular weight excluding hydrogens is 209 g/mol. The van der Waals surface area contributed by atoms with Gasteiger partial charge in [0.05, 0.1) is 0 Å². The molecule has 0 N–H and O–H groups in total. The second-order valence-electron chi connectivity index (χ2n) is 1.49. The first kappa shape index (κ1) is 14.8. The summed E-state index contributed by atoms with van der Waals surface area (Å²) in [7, 11) is -7.31. The van der Waals surface area contributed by atoms with E-state index < -0.39 is 21.2 Å². The van der Waals surface area contributed by atoms with Crippen LogP contribution in [0, 0.1) is 0 Å². The molecule has 12 heavy (non-hydrogen) atoms. The van der Waals surface area contributed by atoms with Gasteiger partial charge in [-0.25, -0.2) is 4.21 Å². The van der Waals surface area contributed by atoms with Crippen molar-refractivity contribution in [3.8, 4) is 0 Å². The number of hydrogen-bond acceptors (Lipinski definition) is 2. The van der Waals surface area contributed by atoms with E-state index in [1.165, 1.54) is 0 Å². The molecule has 0 bridgehead atoms. The van der Waals surface area contributed by atoms with E-state index in [4.69, 9.17) is 0 Å². The summed E-state index contributed by atoms with van der Waals surface area (Å²) in [4.78, 5) is 0. The average molecular weight is 210 g/mol. The molecule has 0 fully saturated rings. The molecule has 0 atom stereocenters. The maximum absolute atomic E-state index is 11.0. The molecule has 0 spiro atoms. The van der Waals surface area contributed by atoms with Crippen molar-refractivity contribution in [3.63, 3.8) is 0 Å². The van der Waals surface area contributed by atoms with Gasteiger partial charge in [-0.15, -0.1) is 0 Å². The van der Waals surface area contributed by atoms with Gasteiger partial charge in [-0.2, -0.15) is 36.6 Å². The monoisotopic (exact) mass is 210 g/mol. The minimum absolute atomic E-state index is 0. The summed E-state index contributed by atoms with van der Waals surface area (Å²) in [6.07, 6.45) is 0. The number of alkyl halides is 6. The Labute approximate surface area is 75.7 Å². The Kier molecular flexibility index (Phi) is 4.40. The minimum atomic E-state index is -7.31. The second kappa shape index (κ2) is 3.57. The van der Waals surface area contributed by atoms with Gasteiger partial charge >= 0.3 is 29.9 Å². The van der Waals surface area contributed by atoms with Crippen LogP contribution in [0.5, 0.6) is 0 Å².